The van der Waals surface area contributed by atoms with Crippen molar-refractivity contribution in [3.63, 3.8) is 0 Å². The quantitative estimate of drug-likeness (QED) is 0.773. The zero-order chi connectivity index (χ0) is 19.1. The van der Waals surface area contributed by atoms with Crippen molar-refractivity contribution < 1.29 is 18.8 Å². The summed E-state index contributed by atoms with van der Waals surface area (Å²) in [4.78, 5) is 36.6. The molecule has 0 aliphatic rings. The van der Waals surface area contributed by atoms with E-state index in [-0.39, 0.29) is 36.4 Å². The SMILES string of the molecule is CC(=O)c1ccc(NC(=O)CCN(Cc2ccc(F)cc2)C(C)=O)cc1. The van der Waals surface area contributed by atoms with Crippen LogP contribution in [0.25, 0.3) is 0 Å². The van der Waals surface area contributed by atoms with E-state index in [4.69, 9.17) is 0 Å². The van der Waals surface area contributed by atoms with Gasteiger partial charge >= 0.3 is 0 Å². The number of nitrogens with one attached hydrogen (secondary N) is 1. The molecule has 0 saturated carbocycles. The summed E-state index contributed by atoms with van der Waals surface area (Å²) in [5.41, 5.74) is 1.96. The Bertz CT molecular complexity index is 786. The maximum Gasteiger partial charge on any atom is 0.226 e. The number of ketones is 1. The van der Waals surface area contributed by atoms with Crippen molar-refractivity contribution in [1.29, 1.82) is 0 Å². The van der Waals surface area contributed by atoms with E-state index in [1.165, 1.54) is 30.9 Å². The van der Waals surface area contributed by atoms with Gasteiger partial charge in [0.25, 0.3) is 0 Å². The summed E-state index contributed by atoms with van der Waals surface area (Å²) in [7, 11) is 0. The first kappa shape index (κ1) is 19.3. The normalized spacial score (nSPS) is 10.3. The van der Waals surface area contributed by atoms with Gasteiger partial charge in [0.15, 0.2) is 5.78 Å². The average Bonchev–Trinajstić information content (AvgIpc) is 2.60. The lowest BCUT2D eigenvalue weighted by atomic mass is 10.1. The molecule has 2 rings (SSSR count). The largest absolute Gasteiger partial charge is 0.338 e. The second-order valence-electron chi connectivity index (χ2n) is 6.00. The molecule has 0 unspecified atom stereocenters. The fourth-order valence-corrected chi connectivity index (χ4v) is 2.41. The van der Waals surface area contributed by atoms with E-state index >= 15 is 0 Å². The van der Waals surface area contributed by atoms with E-state index in [1.807, 2.05) is 0 Å². The Morgan fingerprint density at radius 1 is 0.962 bits per heavy atom. The zero-order valence-corrected chi connectivity index (χ0v) is 14.8. The highest BCUT2D eigenvalue weighted by molar-refractivity contribution is 5.95. The standard InChI is InChI=1S/C20H21FN2O3/c1-14(24)17-5-9-19(10-6-17)22-20(26)11-12-23(15(2)25)13-16-3-7-18(21)8-4-16/h3-10H,11-13H2,1-2H3,(H,22,26). The molecule has 2 amide bonds. The third kappa shape index (κ3) is 5.81. The number of carbonyl (C=O) groups excluding carboxylic acids is 3. The summed E-state index contributed by atoms with van der Waals surface area (Å²) in [6, 6.07) is 12.5. The van der Waals surface area contributed by atoms with Crippen LogP contribution in [0.3, 0.4) is 0 Å². The van der Waals surface area contributed by atoms with Gasteiger partial charge in [-0.2, -0.15) is 0 Å². The van der Waals surface area contributed by atoms with Crippen molar-refractivity contribution in [2.75, 3.05) is 11.9 Å². The molecule has 0 spiro atoms. The van der Waals surface area contributed by atoms with Gasteiger partial charge in [-0.25, -0.2) is 4.39 Å². The molecule has 5 nitrogen and oxygen atoms in total. The first-order valence-corrected chi connectivity index (χ1v) is 8.26. The van der Waals surface area contributed by atoms with Gasteiger partial charge in [0, 0.05) is 37.7 Å². The highest BCUT2D eigenvalue weighted by Crippen LogP contribution is 2.11. The van der Waals surface area contributed by atoms with Crippen LogP contribution in [0.1, 0.15) is 36.2 Å². The van der Waals surface area contributed by atoms with Crippen LogP contribution in [0.15, 0.2) is 48.5 Å². The Kier molecular flexibility index (Phi) is 6.60. The number of Topliss-reactive ketones (excluding diaryl/α,β-unsaturated/α-hetero) is 1. The van der Waals surface area contributed by atoms with Crippen LogP contribution in [-0.2, 0) is 16.1 Å². The summed E-state index contributed by atoms with van der Waals surface area (Å²) < 4.78 is 13.0. The summed E-state index contributed by atoms with van der Waals surface area (Å²) in [6.45, 7) is 3.48. The fourth-order valence-electron chi connectivity index (χ4n) is 2.41. The van der Waals surface area contributed by atoms with Crippen molar-refractivity contribution in [2.45, 2.75) is 26.8 Å². The molecule has 136 valence electrons. The Morgan fingerprint density at radius 2 is 1.58 bits per heavy atom. The van der Waals surface area contributed by atoms with Gasteiger partial charge in [0.05, 0.1) is 0 Å². The Morgan fingerprint density at radius 3 is 2.12 bits per heavy atom. The van der Waals surface area contributed by atoms with Crippen LogP contribution in [0.4, 0.5) is 10.1 Å². The molecule has 26 heavy (non-hydrogen) atoms. The predicted molar refractivity (Wildman–Crippen MR) is 97.2 cm³/mol. The van der Waals surface area contributed by atoms with Crippen molar-refractivity contribution >= 4 is 23.3 Å². The number of benzene rings is 2. The lowest BCUT2D eigenvalue weighted by Crippen LogP contribution is -2.31. The number of amides is 2. The second-order valence-corrected chi connectivity index (χ2v) is 6.00. The van der Waals surface area contributed by atoms with Crippen LogP contribution >= 0.6 is 0 Å². The molecular formula is C20H21FN2O3. The number of rotatable bonds is 7. The lowest BCUT2D eigenvalue weighted by molar-refractivity contribution is -0.129. The van der Waals surface area contributed by atoms with Gasteiger partial charge in [-0.1, -0.05) is 12.1 Å². The van der Waals surface area contributed by atoms with Gasteiger partial charge in [-0.15, -0.1) is 0 Å². The first-order valence-electron chi connectivity index (χ1n) is 8.26. The molecule has 0 saturated heterocycles. The number of nitrogens with zero attached hydrogens (tertiary/aromatic N) is 1. The van der Waals surface area contributed by atoms with Gasteiger partial charge < -0.3 is 10.2 Å². The number of anilines is 1. The molecule has 0 atom stereocenters. The Hall–Kier alpha value is -3.02. The fraction of sp³-hybridized carbons (Fsp3) is 0.250. The predicted octanol–water partition coefficient (Wildman–Crippen LogP) is 3.41. The van der Waals surface area contributed by atoms with Crippen LogP contribution in [0, 0.1) is 5.82 Å². The Balaban J connectivity index is 1.89. The number of carbonyl (C=O) groups is 3. The Labute approximate surface area is 151 Å². The van der Waals surface area contributed by atoms with E-state index in [2.05, 4.69) is 5.32 Å². The van der Waals surface area contributed by atoms with E-state index in [9.17, 15) is 18.8 Å². The minimum atomic E-state index is -0.335. The van der Waals surface area contributed by atoms with Crippen molar-refractivity contribution in [3.05, 3.63) is 65.5 Å². The molecule has 0 aliphatic carbocycles. The summed E-state index contributed by atoms with van der Waals surface area (Å²) >= 11 is 0. The number of hydrogen-bond donors (Lipinski definition) is 1. The van der Waals surface area contributed by atoms with Gasteiger partial charge in [-0.05, 0) is 48.9 Å². The molecule has 0 heterocycles. The summed E-state index contributed by atoms with van der Waals surface area (Å²) in [6.07, 6.45) is 0.134. The van der Waals surface area contributed by atoms with E-state index in [0.29, 0.717) is 17.8 Å². The van der Waals surface area contributed by atoms with Crippen LogP contribution in [-0.4, -0.2) is 29.0 Å². The van der Waals surface area contributed by atoms with Crippen LogP contribution in [0.2, 0.25) is 0 Å². The molecular weight excluding hydrogens is 335 g/mol. The molecule has 0 bridgehead atoms. The average molecular weight is 356 g/mol. The lowest BCUT2D eigenvalue weighted by Gasteiger charge is -2.21. The number of hydrogen-bond acceptors (Lipinski definition) is 3. The van der Waals surface area contributed by atoms with Crippen LogP contribution < -0.4 is 5.32 Å². The molecule has 0 fully saturated rings. The molecule has 0 radical (unpaired) electrons. The molecule has 1 N–H and O–H groups in total. The zero-order valence-electron chi connectivity index (χ0n) is 14.8. The molecule has 6 heteroatoms. The molecule has 0 aliphatic heterocycles. The summed E-state index contributed by atoms with van der Waals surface area (Å²) in [5, 5.41) is 2.74. The number of halogens is 1. The third-order valence-corrected chi connectivity index (χ3v) is 3.92. The maximum absolute atomic E-state index is 13.0. The van der Waals surface area contributed by atoms with Crippen LogP contribution in [0.5, 0.6) is 0 Å². The van der Waals surface area contributed by atoms with Gasteiger partial charge in [0.2, 0.25) is 11.8 Å². The minimum Gasteiger partial charge on any atom is -0.338 e. The van der Waals surface area contributed by atoms with Crippen molar-refractivity contribution in [1.82, 2.24) is 4.90 Å². The van der Waals surface area contributed by atoms with E-state index in [1.54, 1.807) is 36.4 Å². The molecule has 0 aromatic heterocycles. The smallest absolute Gasteiger partial charge is 0.226 e. The highest BCUT2D eigenvalue weighted by Gasteiger charge is 2.12. The summed E-state index contributed by atoms with van der Waals surface area (Å²) in [5.74, 6) is -0.766. The topological polar surface area (TPSA) is 66.5 Å². The van der Waals surface area contributed by atoms with Crippen molar-refractivity contribution in [2.24, 2.45) is 0 Å². The monoisotopic (exact) mass is 356 g/mol. The van der Waals surface area contributed by atoms with Gasteiger partial charge in [-0.3, -0.25) is 14.4 Å². The highest BCUT2D eigenvalue weighted by atomic mass is 19.1. The molecule has 2 aromatic rings. The van der Waals surface area contributed by atoms with Crippen molar-refractivity contribution in [3.8, 4) is 0 Å². The molecule has 2 aromatic carbocycles. The minimum absolute atomic E-state index is 0.0410. The van der Waals surface area contributed by atoms with E-state index < -0.39 is 0 Å². The second kappa shape index (κ2) is 8.89. The maximum atomic E-state index is 13.0. The third-order valence-electron chi connectivity index (χ3n) is 3.92. The first-order chi connectivity index (χ1) is 12.3. The van der Waals surface area contributed by atoms with E-state index in [0.717, 1.165) is 5.56 Å². The van der Waals surface area contributed by atoms with Gasteiger partial charge in [0.1, 0.15) is 5.82 Å².